The van der Waals surface area contributed by atoms with Gasteiger partial charge in [-0.05, 0) is 30.2 Å². The lowest BCUT2D eigenvalue weighted by Crippen LogP contribution is -2.30. The number of para-hydroxylation sites is 2. The summed E-state index contributed by atoms with van der Waals surface area (Å²) in [4.78, 5) is 40.8. The lowest BCUT2D eigenvalue weighted by Gasteiger charge is -2.10. The van der Waals surface area contributed by atoms with Crippen LogP contribution < -0.4 is 15.6 Å². The Morgan fingerprint density at radius 1 is 1.06 bits per heavy atom. The standard InChI is InChI=1S/C23H25N3O5/c1-26-20(25-18-9-5-4-8-17(18)23(26)29)11-12-22(28)31-15-21(27)24-14-13-16-7-3-6-10-19(16)30-2/h3-10H,11-15H2,1-2H3,(H,24,27). The van der Waals surface area contributed by atoms with E-state index in [0.29, 0.717) is 29.7 Å². The van der Waals surface area contributed by atoms with Gasteiger partial charge in [0.1, 0.15) is 11.6 Å². The highest BCUT2D eigenvalue weighted by Crippen LogP contribution is 2.17. The lowest BCUT2D eigenvalue weighted by atomic mass is 10.1. The van der Waals surface area contributed by atoms with E-state index in [4.69, 9.17) is 9.47 Å². The molecule has 0 atom stereocenters. The van der Waals surface area contributed by atoms with E-state index >= 15 is 0 Å². The van der Waals surface area contributed by atoms with Gasteiger partial charge in [0.15, 0.2) is 6.61 Å². The predicted octanol–water partition coefficient (Wildman–Crippen LogP) is 1.78. The molecule has 1 N–H and O–H groups in total. The number of fused-ring (bicyclic) bond motifs is 1. The highest BCUT2D eigenvalue weighted by Gasteiger charge is 2.12. The van der Waals surface area contributed by atoms with Crippen LogP contribution in [-0.2, 0) is 34.2 Å². The molecule has 162 valence electrons. The minimum absolute atomic E-state index is 0.0209. The Balaban J connectivity index is 1.44. The number of carbonyl (C=O) groups is 2. The first kappa shape index (κ1) is 22.0. The Bertz CT molecular complexity index is 1140. The number of methoxy groups -OCH3 is 1. The van der Waals surface area contributed by atoms with E-state index in [9.17, 15) is 14.4 Å². The zero-order valence-electron chi connectivity index (χ0n) is 17.6. The fraction of sp³-hybridized carbons (Fsp3) is 0.304. The molecule has 1 heterocycles. The Morgan fingerprint density at radius 3 is 2.61 bits per heavy atom. The molecule has 0 bridgehead atoms. The fourth-order valence-corrected chi connectivity index (χ4v) is 3.22. The first-order valence-corrected chi connectivity index (χ1v) is 9.98. The van der Waals surface area contributed by atoms with Crippen LogP contribution in [0.5, 0.6) is 5.75 Å². The minimum Gasteiger partial charge on any atom is -0.496 e. The third-order valence-electron chi connectivity index (χ3n) is 4.90. The summed E-state index contributed by atoms with van der Waals surface area (Å²) in [6.07, 6.45) is 0.864. The number of nitrogens with one attached hydrogen (secondary N) is 1. The van der Waals surface area contributed by atoms with Gasteiger partial charge in [-0.25, -0.2) is 4.98 Å². The summed E-state index contributed by atoms with van der Waals surface area (Å²) in [6.45, 7) is 0.0503. The number of ether oxygens (including phenoxy) is 2. The second kappa shape index (κ2) is 10.4. The second-order valence-corrected chi connectivity index (χ2v) is 6.98. The van der Waals surface area contributed by atoms with Crippen molar-refractivity contribution in [2.75, 3.05) is 20.3 Å². The molecular weight excluding hydrogens is 398 g/mol. The summed E-state index contributed by atoms with van der Waals surface area (Å²) in [7, 11) is 3.22. The molecule has 0 aliphatic rings. The molecule has 0 aliphatic heterocycles. The van der Waals surface area contributed by atoms with Crippen LogP contribution in [0.2, 0.25) is 0 Å². The Morgan fingerprint density at radius 2 is 1.81 bits per heavy atom. The third-order valence-corrected chi connectivity index (χ3v) is 4.90. The average molecular weight is 423 g/mol. The third kappa shape index (κ3) is 5.69. The molecule has 1 aromatic heterocycles. The molecule has 8 heteroatoms. The molecule has 3 rings (SSSR count). The number of aryl methyl sites for hydroxylation is 1. The van der Waals surface area contributed by atoms with Crippen LogP contribution in [0, 0.1) is 0 Å². The Kier molecular flexibility index (Phi) is 7.37. The SMILES string of the molecule is COc1ccccc1CCNC(=O)COC(=O)CCc1nc2ccccc2c(=O)n1C. The smallest absolute Gasteiger partial charge is 0.306 e. The molecule has 0 unspecified atom stereocenters. The Hall–Kier alpha value is -3.68. The molecule has 0 spiro atoms. The van der Waals surface area contributed by atoms with Gasteiger partial charge < -0.3 is 14.8 Å². The Labute approximate surface area is 179 Å². The van der Waals surface area contributed by atoms with E-state index in [1.54, 1.807) is 38.4 Å². The van der Waals surface area contributed by atoms with Crippen LogP contribution in [0.4, 0.5) is 0 Å². The van der Waals surface area contributed by atoms with Gasteiger partial charge in [0.25, 0.3) is 11.5 Å². The highest BCUT2D eigenvalue weighted by atomic mass is 16.5. The van der Waals surface area contributed by atoms with Gasteiger partial charge in [0, 0.05) is 20.0 Å². The van der Waals surface area contributed by atoms with Crippen molar-refractivity contribution in [2.45, 2.75) is 19.3 Å². The first-order chi connectivity index (χ1) is 15.0. The number of esters is 1. The molecular formula is C23H25N3O5. The zero-order chi connectivity index (χ0) is 22.2. The number of hydrogen-bond donors (Lipinski definition) is 1. The van der Waals surface area contributed by atoms with Gasteiger partial charge in [-0.2, -0.15) is 0 Å². The number of amides is 1. The van der Waals surface area contributed by atoms with Crippen molar-refractivity contribution >= 4 is 22.8 Å². The molecule has 0 saturated carbocycles. The molecule has 31 heavy (non-hydrogen) atoms. The summed E-state index contributed by atoms with van der Waals surface area (Å²) in [5, 5.41) is 3.25. The molecule has 0 saturated heterocycles. The maximum Gasteiger partial charge on any atom is 0.306 e. The number of aromatic nitrogens is 2. The van der Waals surface area contributed by atoms with Crippen LogP contribution in [0.1, 0.15) is 17.8 Å². The maximum absolute atomic E-state index is 12.4. The number of benzene rings is 2. The fourth-order valence-electron chi connectivity index (χ4n) is 3.22. The van der Waals surface area contributed by atoms with Gasteiger partial charge in [-0.15, -0.1) is 0 Å². The molecule has 3 aromatic rings. The topological polar surface area (TPSA) is 99.5 Å². The van der Waals surface area contributed by atoms with Crippen molar-refractivity contribution < 1.29 is 19.1 Å². The predicted molar refractivity (Wildman–Crippen MR) is 116 cm³/mol. The maximum atomic E-state index is 12.4. The van der Waals surface area contributed by atoms with E-state index in [1.165, 1.54) is 4.57 Å². The van der Waals surface area contributed by atoms with Crippen LogP contribution in [-0.4, -0.2) is 41.7 Å². The molecule has 2 aromatic carbocycles. The van der Waals surface area contributed by atoms with Crippen molar-refractivity contribution in [3.8, 4) is 5.75 Å². The van der Waals surface area contributed by atoms with Crippen molar-refractivity contribution in [1.82, 2.24) is 14.9 Å². The van der Waals surface area contributed by atoms with Crippen molar-refractivity contribution in [2.24, 2.45) is 7.05 Å². The molecule has 0 radical (unpaired) electrons. The van der Waals surface area contributed by atoms with E-state index in [-0.39, 0.29) is 30.9 Å². The van der Waals surface area contributed by atoms with Gasteiger partial charge >= 0.3 is 5.97 Å². The van der Waals surface area contributed by atoms with Crippen LogP contribution in [0.3, 0.4) is 0 Å². The first-order valence-electron chi connectivity index (χ1n) is 9.98. The molecule has 0 fully saturated rings. The van der Waals surface area contributed by atoms with Crippen LogP contribution in [0.25, 0.3) is 10.9 Å². The summed E-state index contributed by atoms with van der Waals surface area (Å²) < 4.78 is 11.7. The number of rotatable bonds is 9. The van der Waals surface area contributed by atoms with Gasteiger partial charge in [-0.3, -0.25) is 19.0 Å². The monoisotopic (exact) mass is 423 g/mol. The highest BCUT2D eigenvalue weighted by molar-refractivity contribution is 5.80. The van der Waals surface area contributed by atoms with Gasteiger partial charge in [-0.1, -0.05) is 30.3 Å². The summed E-state index contributed by atoms with van der Waals surface area (Å²) in [5.74, 6) is 0.351. The average Bonchev–Trinajstić information content (AvgIpc) is 2.79. The second-order valence-electron chi connectivity index (χ2n) is 6.98. The minimum atomic E-state index is -0.526. The number of nitrogens with zero attached hydrogens (tertiary/aromatic N) is 2. The summed E-state index contributed by atoms with van der Waals surface area (Å²) in [6, 6.07) is 14.6. The summed E-state index contributed by atoms with van der Waals surface area (Å²) in [5.41, 5.74) is 1.41. The van der Waals surface area contributed by atoms with Crippen molar-refractivity contribution in [3.63, 3.8) is 0 Å². The molecule has 8 nitrogen and oxygen atoms in total. The molecule has 1 amide bonds. The lowest BCUT2D eigenvalue weighted by molar-refractivity contribution is -0.148. The number of hydrogen-bond acceptors (Lipinski definition) is 6. The van der Waals surface area contributed by atoms with Crippen LogP contribution in [0.15, 0.2) is 53.3 Å². The van der Waals surface area contributed by atoms with E-state index in [2.05, 4.69) is 10.3 Å². The number of carbonyl (C=O) groups excluding carboxylic acids is 2. The quantitative estimate of drug-likeness (QED) is 0.527. The molecule has 0 aliphatic carbocycles. The van der Waals surface area contributed by atoms with Gasteiger partial charge in [0.2, 0.25) is 0 Å². The van der Waals surface area contributed by atoms with E-state index in [0.717, 1.165) is 11.3 Å². The van der Waals surface area contributed by atoms with E-state index in [1.807, 2.05) is 24.3 Å². The van der Waals surface area contributed by atoms with Crippen molar-refractivity contribution in [1.29, 1.82) is 0 Å². The van der Waals surface area contributed by atoms with Gasteiger partial charge in [0.05, 0.1) is 24.4 Å². The van der Waals surface area contributed by atoms with Crippen LogP contribution >= 0.6 is 0 Å². The normalized spacial score (nSPS) is 10.6. The van der Waals surface area contributed by atoms with E-state index < -0.39 is 5.97 Å². The summed E-state index contributed by atoms with van der Waals surface area (Å²) >= 11 is 0. The van der Waals surface area contributed by atoms with Crippen molar-refractivity contribution in [3.05, 3.63) is 70.3 Å². The largest absolute Gasteiger partial charge is 0.496 e. The zero-order valence-corrected chi connectivity index (χ0v) is 17.6.